The Balaban J connectivity index is 2.04. The predicted molar refractivity (Wildman–Crippen MR) is 103 cm³/mol. The molecule has 2 aromatic carbocycles. The van der Waals surface area contributed by atoms with E-state index in [0.29, 0.717) is 0 Å². The molecule has 0 fully saturated rings. The van der Waals surface area contributed by atoms with Crippen LogP contribution in [0.2, 0.25) is 0 Å². The maximum atomic E-state index is 13.1. The Labute approximate surface area is 166 Å². The minimum absolute atomic E-state index is 0.00833. The van der Waals surface area contributed by atoms with E-state index >= 15 is 0 Å². The van der Waals surface area contributed by atoms with Crippen molar-refractivity contribution in [2.75, 3.05) is 0 Å². The Hall–Kier alpha value is -3.33. The summed E-state index contributed by atoms with van der Waals surface area (Å²) < 4.78 is 14.0. The zero-order valence-electron chi connectivity index (χ0n) is 14.2. The number of rotatable bonds is 5. The van der Waals surface area contributed by atoms with Gasteiger partial charge < -0.3 is 5.32 Å². The molecular formula is C19H13BrFN3O4. The van der Waals surface area contributed by atoms with Crippen molar-refractivity contribution in [3.05, 3.63) is 103 Å². The highest BCUT2D eigenvalue weighted by molar-refractivity contribution is 9.10. The average Bonchev–Trinajstić information content (AvgIpc) is 2.69. The van der Waals surface area contributed by atoms with Crippen LogP contribution in [-0.4, -0.2) is 21.2 Å². The van der Waals surface area contributed by atoms with Gasteiger partial charge in [-0.15, -0.1) is 0 Å². The number of ketones is 1. The zero-order valence-corrected chi connectivity index (χ0v) is 15.8. The maximum absolute atomic E-state index is 13.1. The molecule has 0 aliphatic rings. The molecule has 0 spiro atoms. The first-order chi connectivity index (χ1) is 13.4. The van der Waals surface area contributed by atoms with E-state index in [2.05, 4.69) is 26.2 Å². The van der Waals surface area contributed by atoms with Crippen LogP contribution in [0.5, 0.6) is 0 Å². The Morgan fingerprint density at radius 3 is 2.29 bits per heavy atom. The first kappa shape index (κ1) is 19.4. The van der Waals surface area contributed by atoms with Crippen LogP contribution in [0.25, 0.3) is 0 Å². The monoisotopic (exact) mass is 445 g/mol. The van der Waals surface area contributed by atoms with Crippen molar-refractivity contribution < 1.29 is 14.0 Å². The molecule has 3 aromatic rings. The van der Waals surface area contributed by atoms with E-state index in [9.17, 15) is 23.6 Å². The molecule has 9 heteroatoms. The van der Waals surface area contributed by atoms with Crippen LogP contribution in [0.15, 0.2) is 74.9 Å². The van der Waals surface area contributed by atoms with Gasteiger partial charge in [0.05, 0.1) is 4.47 Å². The molecule has 0 aliphatic carbocycles. The van der Waals surface area contributed by atoms with E-state index in [1.807, 2.05) is 0 Å². The Kier molecular flexibility index (Phi) is 5.65. The second-order valence-corrected chi connectivity index (χ2v) is 6.61. The number of aromatic amines is 1. The summed E-state index contributed by atoms with van der Waals surface area (Å²) in [4.78, 5) is 51.5. The highest BCUT2D eigenvalue weighted by atomic mass is 79.9. The van der Waals surface area contributed by atoms with Crippen molar-refractivity contribution in [1.29, 1.82) is 0 Å². The molecule has 1 unspecified atom stereocenters. The van der Waals surface area contributed by atoms with Crippen molar-refractivity contribution >= 4 is 27.6 Å². The van der Waals surface area contributed by atoms with Gasteiger partial charge in [-0.2, -0.15) is 0 Å². The molecule has 142 valence electrons. The molecule has 3 rings (SSSR count). The van der Waals surface area contributed by atoms with E-state index in [0.717, 1.165) is 22.9 Å². The number of halogens is 2. The fourth-order valence-electron chi connectivity index (χ4n) is 2.48. The molecule has 28 heavy (non-hydrogen) atoms. The average molecular weight is 446 g/mol. The van der Waals surface area contributed by atoms with Crippen molar-refractivity contribution in [3.63, 3.8) is 0 Å². The summed E-state index contributed by atoms with van der Waals surface area (Å²) in [5, 5.41) is 2.46. The van der Waals surface area contributed by atoms with Gasteiger partial charge in [0, 0.05) is 17.3 Å². The van der Waals surface area contributed by atoms with Crippen molar-refractivity contribution in [2.45, 2.75) is 6.17 Å². The Bertz CT molecular complexity index is 1140. The minimum Gasteiger partial charge on any atom is -0.325 e. The summed E-state index contributed by atoms with van der Waals surface area (Å²) in [5.41, 5.74) is -1.19. The number of benzene rings is 2. The van der Waals surface area contributed by atoms with Gasteiger partial charge >= 0.3 is 5.69 Å². The van der Waals surface area contributed by atoms with Crippen LogP contribution < -0.4 is 16.6 Å². The van der Waals surface area contributed by atoms with E-state index in [1.165, 1.54) is 24.3 Å². The third-order valence-corrected chi connectivity index (χ3v) is 4.45. The molecule has 1 amide bonds. The fourth-order valence-corrected chi connectivity index (χ4v) is 2.80. The van der Waals surface area contributed by atoms with E-state index < -0.39 is 34.9 Å². The second-order valence-electron chi connectivity index (χ2n) is 5.76. The molecule has 0 saturated heterocycles. The van der Waals surface area contributed by atoms with Crippen molar-refractivity contribution in [3.8, 4) is 0 Å². The van der Waals surface area contributed by atoms with Gasteiger partial charge in [-0.25, -0.2) is 9.18 Å². The van der Waals surface area contributed by atoms with Crippen LogP contribution in [0.4, 0.5) is 4.39 Å². The van der Waals surface area contributed by atoms with Crippen molar-refractivity contribution in [2.24, 2.45) is 0 Å². The maximum Gasteiger partial charge on any atom is 0.330 e. The highest BCUT2D eigenvalue weighted by Crippen LogP contribution is 2.13. The number of Topliss-reactive ketones (excluding diaryl/α,β-unsaturated/α-hetero) is 1. The predicted octanol–water partition coefficient (Wildman–Crippen LogP) is 2.25. The van der Waals surface area contributed by atoms with Crippen LogP contribution in [0, 0.1) is 5.82 Å². The first-order valence-corrected chi connectivity index (χ1v) is 8.83. The lowest BCUT2D eigenvalue weighted by molar-refractivity contribution is 0.0812. The normalized spacial score (nSPS) is 11.6. The number of hydrogen-bond donors (Lipinski definition) is 2. The van der Waals surface area contributed by atoms with E-state index in [1.54, 1.807) is 18.2 Å². The van der Waals surface area contributed by atoms with Crippen molar-refractivity contribution in [1.82, 2.24) is 14.9 Å². The number of aromatic nitrogens is 2. The molecule has 1 heterocycles. The van der Waals surface area contributed by atoms with Gasteiger partial charge in [-0.1, -0.05) is 30.3 Å². The lowest BCUT2D eigenvalue weighted by Gasteiger charge is -2.20. The number of carbonyl (C=O) groups excluding carboxylic acids is 2. The van der Waals surface area contributed by atoms with Crippen LogP contribution in [0.1, 0.15) is 26.9 Å². The molecule has 0 bridgehead atoms. The summed E-state index contributed by atoms with van der Waals surface area (Å²) in [6.45, 7) is 0. The minimum atomic E-state index is -1.43. The summed E-state index contributed by atoms with van der Waals surface area (Å²) in [5.74, 6) is -1.78. The fraction of sp³-hybridized carbons (Fsp3) is 0.0526. The Morgan fingerprint density at radius 2 is 1.64 bits per heavy atom. The van der Waals surface area contributed by atoms with Gasteiger partial charge in [0.2, 0.25) is 5.78 Å². The number of carbonyl (C=O) groups is 2. The van der Waals surface area contributed by atoms with Gasteiger partial charge in [0.1, 0.15) is 5.82 Å². The van der Waals surface area contributed by atoms with Crippen LogP contribution >= 0.6 is 15.9 Å². The lowest BCUT2D eigenvalue weighted by Crippen LogP contribution is -2.44. The molecule has 0 aliphatic heterocycles. The topological polar surface area (TPSA) is 101 Å². The summed E-state index contributed by atoms with van der Waals surface area (Å²) in [6, 6.07) is 12.8. The van der Waals surface area contributed by atoms with Gasteiger partial charge in [-0.3, -0.25) is 23.9 Å². The number of amides is 1. The van der Waals surface area contributed by atoms with Crippen LogP contribution in [0.3, 0.4) is 0 Å². The zero-order chi connectivity index (χ0) is 20.3. The summed E-state index contributed by atoms with van der Waals surface area (Å²) >= 11 is 3.00. The number of hydrogen-bond acceptors (Lipinski definition) is 4. The molecule has 2 N–H and O–H groups in total. The van der Waals surface area contributed by atoms with Gasteiger partial charge in [0.25, 0.3) is 11.5 Å². The molecule has 1 aromatic heterocycles. The van der Waals surface area contributed by atoms with E-state index in [4.69, 9.17) is 0 Å². The number of nitrogens with one attached hydrogen (secondary N) is 2. The van der Waals surface area contributed by atoms with Gasteiger partial charge in [0.15, 0.2) is 6.17 Å². The molecule has 7 nitrogen and oxygen atoms in total. The smallest absolute Gasteiger partial charge is 0.325 e. The molecular weight excluding hydrogens is 433 g/mol. The summed E-state index contributed by atoms with van der Waals surface area (Å²) in [7, 11) is 0. The summed E-state index contributed by atoms with van der Waals surface area (Å²) in [6.07, 6.45) is -0.307. The standard InChI is InChI=1S/C19H13BrFN3O4/c20-14-10-24(19(28)23-18(14)27)16(15(25)11-4-2-1-3-5-11)22-17(26)12-6-8-13(21)9-7-12/h1-10,16H,(H,22,26)(H,23,27,28). The SMILES string of the molecule is O=C(NC(C(=O)c1ccccc1)n1cc(Br)c(=O)[nH]c1=O)c1ccc(F)cc1. The molecule has 1 atom stereocenters. The Morgan fingerprint density at radius 1 is 1.00 bits per heavy atom. The van der Waals surface area contributed by atoms with Crippen LogP contribution in [-0.2, 0) is 0 Å². The van der Waals surface area contributed by atoms with Gasteiger partial charge in [-0.05, 0) is 40.2 Å². The number of nitrogens with zero attached hydrogens (tertiary/aromatic N) is 1. The lowest BCUT2D eigenvalue weighted by atomic mass is 10.1. The highest BCUT2D eigenvalue weighted by Gasteiger charge is 2.26. The third-order valence-electron chi connectivity index (χ3n) is 3.88. The largest absolute Gasteiger partial charge is 0.330 e. The molecule has 0 radical (unpaired) electrons. The first-order valence-electron chi connectivity index (χ1n) is 8.03. The third kappa shape index (κ3) is 4.15. The second kappa shape index (κ2) is 8.13. The van der Waals surface area contributed by atoms with E-state index in [-0.39, 0.29) is 15.6 Å². The number of H-pyrrole nitrogens is 1. The molecule has 0 saturated carbocycles. The quantitative estimate of drug-likeness (QED) is 0.588.